The summed E-state index contributed by atoms with van der Waals surface area (Å²) in [6, 6.07) is 0. The molecule has 1 aliphatic rings. The molecule has 1 unspecified atom stereocenters. The number of unbranched alkanes of at least 4 members (excludes halogenated alkanes) is 1. The zero-order chi connectivity index (χ0) is 13.4. The number of nitrogens with zero attached hydrogens (tertiary/aromatic N) is 1. The van der Waals surface area contributed by atoms with Gasteiger partial charge in [0.1, 0.15) is 5.54 Å². The topological polar surface area (TPSA) is 52.6 Å². The summed E-state index contributed by atoms with van der Waals surface area (Å²) in [5, 5.41) is 12.5. The zero-order valence-corrected chi connectivity index (χ0v) is 11.9. The van der Waals surface area contributed by atoms with Gasteiger partial charge in [0.05, 0.1) is 0 Å². The number of rotatable bonds is 9. The van der Waals surface area contributed by atoms with Crippen molar-refractivity contribution in [3.05, 3.63) is 0 Å². The molecule has 0 bridgehead atoms. The van der Waals surface area contributed by atoms with Crippen molar-refractivity contribution in [2.45, 2.75) is 57.4 Å². The van der Waals surface area contributed by atoms with Crippen molar-refractivity contribution in [3.63, 3.8) is 0 Å². The molecule has 4 heteroatoms. The van der Waals surface area contributed by atoms with E-state index >= 15 is 0 Å². The monoisotopic (exact) mass is 256 g/mol. The van der Waals surface area contributed by atoms with E-state index in [1.807, 2.05) is 0 Å². The third kappa shape index (κ3) is 4.25. The van der Waals surface area contributed by atoms with Crippen LogP contribution in [-0.4, -0.2) is 48.2 Å². The van der Waals surface area contributed by atoms with Gasteiger partial charge in [0.15, 0.2) is 0 Å². The molecule has 106 valence electrons. The Labute approximate surface area is 111 Å². The normalized spacial score (nSPS) is 19.9. The maximum absolute atomic E-state index is 11.5. The molecule has 0 aromatic carbocycles. The van der Waals surface area contributed by atoms with Gasteiger partial charge < -0.3 is 15.3 Å². The molecule has 1 aliphatic heterocycles. The van der Waals surface area contributed by atoms with Crippen LogP contribution in [0.25, 0.3) is 0 Å². The number of nitrogens with one attached hydrogen (secondary N) is 1. The Hall–Kier alpha value is -0.610. The maximum atomic E-state index is 11.5. The molecule has 1 saturated heterocycles. The third-order valence-corrected chi connectivity index (χ3v) is 4.12. The fourth-order valence-corrected chi connectivity index (χ4v) is 2.79. The van der Waals surface area contributed by atoms with Crippen LogP contribution in [0.1, 0.15) is 51.9 Å². The average Bonchev–Trinajstić information content (AvgIpc) is 2.86. The van der Waals surface area contributed by atoms with Gasteiger partial charge in [0, 0.05) is 0 Å². The van der Waals surface area contributed by atoms with Gasteiger partial charge >= 0.3 is 5.97 Å². The summed E-state index contributed by atoms with van der Waals surface area (Å²) in [6.45, 7) is 5.53. The highest BCUT2D eigenvalue weighted by molar-refractivity contribution is 5.78. The standard InChI is InChI=1S/C14H28N2O2/c1-3-4-8-14(15-2,13(17)18)9-7-12-16-10-5-6-11-16/h15H,3-12H2,1-2H3,(H,17,18). The lowest BCUT2D eigenvalue weighted by atomic mass is 9.87. The lowest BCUT2D eigenvalue weighted by Crippen LogP contribution is -2.50. The van der Waals surface area contributed by atoms with E-state index in [1.165, 1.54) is 25.9 Å². The molecule has 1 fully saturated rings. The fraction of sp³-hybridized carbons (Fsp3) is 0.929. The van der Waals surface area contributed by atoms with Crippen LogP contribution in [0.5, 0.6) is 0 Å². The largest absolute Gasteiger partial charge is 0.480 e. The number of hydrogen-bond acceptors (Lipinski definition) is 3. The third-order valence-electron chi connectivity index (χ3n) is 4.12. The van der Waals surface area contributed by atoms with E-state index in [4.69, 9.17) is 0 Å². The van der Waals surface area contributed by atoms with Gasteiger partial charge in [0.25, 0.3) is 0 Å². The second-order valence-corrected chi connectivity index (χ2v) is 5.39. The minimum Gasteiger partial charge on any atom is -0.480 e. The lowest BCUT2D eigenvalue weighted by molar-refractivity contribution is -0.145. The van der Waals surface area contributed by atoms with Gasteiger partial charge in [-0.15, -0.1) is 0 Å². The Morgan fingerprint density at radius 2 is 1.89 bits per heavy atom. The van der Waals surface area contributed by atoms with Gasteiger partial charge in [-0.05, 0) is 58.8 Å². The molecular formula is C14H28N2O2. The maximum Gasteiger partial charge on any atom is 0.323 e. The molecule has 1 heterocycles. The molecule has 0 amide bonds. The Kier molecular flexibility index (Phi) is 6.65. The molecule has 0 aliphatic carbocycles. The van der Waals surface area contributed by atoms with E-state index in [2.05, 4.69) is 17.1 Å². The number of likely N-dealkylation sites (N-methyl/N-ethyl adjacent to an activating group) is 1. The summed E-state index contributed by atoms with van der Waals surface area (Å²) >= 11 is 0. The molecule has 0 aromatic heterocycles. The molecule has 2 N–H and O–H groups in total. The summed E-state index contributed by atoms with van der Waals surface area (Å²) in [5.74, 6) is -0.695. The first-order valence-electron chi connectivity index (χ1n) is 7.29. The van der Waals surface area contributed by atoms with E-state index in [0.29, 0.717) is 0 Å². The fourth-order valence-electron chi connectivity index (χ4n) is 2.79. The first-order chi connectivity index (χ1) is 8.64. The SMILES string of the molecule is CCCCC(CCCN1CCCC1)(NC)C(=O)O. The summed E-state index contributed by atoms with van der Waals surface area (Å²) in [5.41, 5.74) is -0.713. The summed E-state index contributed by atoms with van der Waals surface area (Å²) < 4.78 is 0. The van der Waals surface area contributed by atoms with E-state index < -0.39 is 11.5 Å². The van der Waals surface area contributed by atoms with Crippen LogP contribution >= 0.6 is 0 Å². The van der Waals surface area contributed by atoms with Crippen molar-refractivity contribution < 1.29 is 9.90 Å². The quantitative estimate of drug-likeness (QED) is 0.663. The molecule has 0 saturated carbocycles. The summed E-state index contributed by atoms with van der Waals surface area (Å²) in [4.78, 5) is 14.0. The van der Waals surface area contributed by atoms with Gasteiger partial charge in [-0.25, -0.2) is 0 Å². The number of aliphatic carboxylic acids is 1. The van der Waals surface area contributed by atoms with Crippen molar-refractivity contribution in [1.82, 2.24) is 10.2 Å². The molecule has 0 spiro atoms. The van der Waals surface area contributed by atoms with Crippen LogP contribution < -0.4 is 5.32 Å². The Balaban J connectivity index is 2.41. The van der Waals surface area contributed by atoms with Crippen LogP contribution in [0.4, 0.5) is 0 Å². The van der Waals surface area contributed by atoms with Crippen molar-refractivity contribution in [3.8, 4) is 0 Å². The smallest absolute Gasteiger partial charge is 0.323 e. The summed E-state index contributed by atoms with van der Waals surface area (Å²) in [6.07, 6.45) is 7.04. The molecule has 0 radical (unpaired) electrons. The van der Waals surface area contributed by atoms with Gasteiger partial charge in [-0.3, -0.25) is 4.79 Å². The number of likely N-dealkylation sites (tertiary alicyclic amines) is 1. The van der Waals surface area contributed by atoms with Crippen LogP contribution in [0, 0.1) is 0 Å². The van der Waals surface area contributed by atoms with Gasteiger partial charge in [0.2, 0.25) is 0 Å². The first-order valence-corrected chi connectivity index (χ1v) is 7.29. The molecule has 1 rings (SSSR count). The molecule has 18 heavy (non-hydrogen) atoms. The molecule has 1 atom stereocenters. The minimum absolute atomic E-state index is 0.695. The number of carboxylic acids is 1. The Bertz CT molecular complexity index is 252. The second kappa shape index (κ2) is 7.74. The number of hydrogen-bond donors (Lipinski definition) is 2. The van der Waals surface area contributed by atoms with E-state index in [1.54, 1.807) is 7.05 Å². The van der Waals surface area contributed by atoms with Crippen molar-refractivity contribution >= 4 is 5.97 Å². The molecule has 4 nitrogen and oxygen atoms in total. The molecular weight excluding hydrogens is 228 g/mol. The zero-order valence-electron chi connectivity index (χ0n) is 11.9. The van der Waals surface area contributed by atoms with Crippen molar-refractivity contribution in [2.75, 3.05) is 26.7 Å². The van der Waals surface area contributed by atoms with Crippen LogP contribution in [-0.2, 0) is 4.79 Å². The van der Waals surface area contributed by atoms with Gasteiger partial charge in [-0.1, -0.05) is 19.8 Å². The van der Waals surface area contributed by atoms with Crippen LogP contribution in [0.2, 0.25) is 0 Å². The van der Waals surface area contributed by atoms with E-state index in [0.717, 1.165) is 38.6 Å². The predicted octanol–water partition coefficient (Wildman–Crippen LogP) is 2.10. The van der Waals surface area contributed by atoms with Crippen LogP contribution in [0.15, 0.2) is 0 Å². The highest BCUT2D eigenvalue weighted by Crippen LogP contribution is 2.21. The van der Waals surface area contributed by atoms with E-state index in [-0.39, 0.29) is 0 Å². The van der Waals surface area contributed by atoms with Crippen molar-refractivity contribution in [2.24, 2.45) is 0 Å². The number of carboxylic acid groups (broad SMARTS) is 1. The van der Waals surface area contributed by atoms with Crippen molar-refractivity contribution in [1.29, 1.82) is 0 Å². The first kappa shape index (κ1) is 15.4. The highest BCUT2D eigenvalue weighted by Gasteiger charge is 2.35. The van der Waals surface area contributed by atoms with Gasteiger partial charge in [-0.2, -0.15) is 0 Å². The minimum atomic E-state index is -0.713. The second-order valence-electron chi connectivity index (χ2n) is 5.39. The average molecular weight is 256 g/mol. The highest BCUT2D eigenvalue weighted by atomic mass is 16.4. The Morgan fingerprint density at radius 3 is 2.39 bits per heavy atom. The lowest BCUT2D eigenvalue weighted by Gasteiger charge is -2.30. The van der Waals surface area contributed by atoms with Crippen LogP contribution in [0.3, 0.4) is 0 Å². The predicted molar refractivity (Wildman–Crippen MR) is 73.9 cm³/mol. The Morgan fingerprint density at radius 1 is 1.28 bits per heavy atom. The van der Waals surface area contributed by atoms with E-state index in [9.17, 15) is 9.90 Å². The number of carbonyl (C=O) groups is 1. The summed E-state index contributed by atoms with van der Waals surface area (Å²) in [7, 11) is 1.78. The molecule has 0 aromatic rings.